The molecule has 2 aromatic rings. The van der Waals surface area contributed by atoms with Crippen molar-refractivity contribution in [3.05, 3.63) is 58.1 Å². The summed E-state index contributed by atoms with van der Waals surface area (Å²) in [6.45, 7) is 0.723. The van der Waals surface area contributed by atoms with Crippen LogP contribution in [0.2, 0.25) is 0 Å². The number of nitro groups is 1. The molecular weight excluding hydrogens is 296 g/mol. The molecule has 0 aliphatic rings. The highest BCUT2D eigenvalue weighted by atomic mass is 16.6. The molecule has 0 aliphatic carbocycles. The van der Waals surface area contributed by atoms with Crippen molar-refractivity contribution in [2.24, 2.45) is 0 Å². The van der Waals surface area contributed by atoms with Gasteiger partial charge in [0.2, 0.25) is 0 Å². The number of rotatable bonds is 7. The number of benzene rings is 2. The van der Waals surface area contributed by atoms with E-state index in [1.54, 1.807) is 25.3 Å². The summed E-state index contributed by atoms with van der Waals surface area (Å²) in [5.74, 6) is 3.59. The first-order valence-corrected chi connectivity index (χ1v) is 6.85. The maximum atomic E-state index is 10.6. The van der Waals surface area contributed by atoms with Crippen molar-refractivity contribution in [3.63, 3.8) is 0 Å². The third-order valence-electron chi connectivity index (χ3n) is 3.11. The van der Waals surface area contributed by atoms with Gasteiger partial charge in [0, 0.05) is 24.4 Å². The van der Waals surface area contributed by atoms with Crippen molar-refractivity contribution >= 4 is 11.4 Å². The van der Waals surface area contributed by atoms with E-state index in [1.165, 1.54) is 12.1 Å². The Bertz CT molecular complexity index is 720. The Labute approximate surface area is 134 Å². The third kappa shape index (κ3) is 4.38. The molecule has 23 heavy (non-hydrogen) atoms. The molecule has 2 rings (SSSR count). The number of nitrogens with zero attached hydrogens (tertiary/aromatic N) is 1. The molecule has 0 amide bonds. The lowest BCUT2D eigenvalue weighted by Gasteiger charge is -2.11. The molecule has 6 nitrogen and oxygen atoms in total. The fourth-order valence-electron chi connectivity index (χ4n) is 1.97. The summed E-state index contributed by atoms with van der Waals surface area (Å²) in [5, 5.41) is 13.8. The normalized spacial score (nSPS) is 9.74. The van der Waals surface area contributed by atoms with Crippen LogP contribution < -0.4 is 14.8 Å². The lowest BCUT2D eigenvalue weighted by Crippen LogP contribution is -2.01. The topological polar surface area (TPSA) is 73.6 Å². The number of non-ortho nitro benzene ring substituents is 1. The number of terminal acetylenes is 1. The molecule has 2 aromatic carbocycles. The van der Waals surface area contributed by atoms with Gasteiger partial charge in [-0.05, 0) is 29.8 Å². The smallest absolute Gasteiger partial charge is 0.269 e. The number of nitrogens with one attached hydrogen (secondary N) is 1. The quantitative estimate of drug-likeness (QED) is 0.483. The number of ether oxygens (including phenoxy) is 2. The van der Waals surface area contributed by atoms with E-state index in [2.05, 4.69) is 11.2 Å². The van der Waals surface area contributed by atoms with Crippen LogP contribution in [0, 0.1) is 22.5 Å². The van der Waals surface area contributed by atoms with E-state index in [4.69, 9.17) is 15.9 Å². The zero-order chi connectivity index (χ0) is 16.7. The summed E-state index contributed by atoms with van der Waals surface area (Å²) in [6, 6.07) is 11.8. The minimum absolute atomic E-state index is 0.0623. The van der Waals surface area contributed by atoms with Crippen LogP contribution in [0.5, 0.6) is 11.5 Å². The van der Waals surface area contributed by atoms with Crippen molar-refractivity contribution in [3.8, 4) is 23.8 Å². The first-order valence-electron chi connectivity index (χ1n) is 6.85. The zero-order valence-corrected chi connectivity index (χ0v) is 12.6. The minimum Gasteiger partial charge on any atom is -0.493 e. The standard InChI is InChI=1S/C17H16N2O4/c1-3-10-23-16-9-4-13(11-17(16)22-2)12-18-14-5-7-15(8-6-14)19(20)21/h1,4-9,11,18H,10,12H2,2H3. The Morgan fingerprint density at radius 3 is 2.57 bits per heavy atom. The summed E-state index contributed by atoms with van der Waals surface area (Å²) in [5.41, 5.74) is 1.84. The second-order valence-electron chi connectivity index (χ2n) is 4.64. The Hall–Kier alpha value is -3.20. The maximum absolute atomic E-state index is 10.6. The molecule has 0 bridgehead atoms. The van der Waals surface area contributed by atoms with Crippen LogP contribution in [0.15, 0.2) is 42.5 Å². The van der Waals surface area contributed by atoms with E-state index < -0.39 is 4.92 Å². The van der Waals surface area contributed by atoms with Crippen molar-refractivity contribution in [2.75, 3.05) is 19.0 Å². The number of hydrogen-bond acceptors (Lipinski definition) is 5. The van der Waals surface area contributed by atoms with Crippen LogP contribution in [0.1, 0.15) is 5.56 Å². The van der Waals surface area contributed by atoms with Crippen LogP contribution in [0.3, 0.4) is 0 Å². The Kier molecular flexibility index (Phi) is 5.42. The van der Waals surface area contributed by atoms with Gasteiger partial charge >= 0.3 is 0 Å². The third-order valence-corrected chi connectivity index (χ3v) is 3.11. The van der Waals surface area contributed by atoms with Crippen LogP contribution in [0.25, 0.3) is 0 Å². The molecule has 0 atom stereocenters. The van der Waals surface area contributed by atoms with E-state index >= 15 is 0 Å². The first kappa shape index (κ1) is 16.2. The monoisotopic (exact) mass is 312 g/mol. The molecule has 0 heterocycles. The van der Waals surface area contributed by atoms with Gasteiger partial charge in [0.1, 0.15) is 6.61 Å². The van der Waals surface area contributed by atoms with Gasteiger partial charge in [-0.15, -0.1) is 6.42 Å². The summed E-state index contributed by atoms with van der Waals surface area (Å²) in [7, 11) is 1.56. The molecule has 0 aliphatic heterocycles. The molecule has 0 saturated carbocycles. The minimum atomic E-state index is -0.427. The van der Waals surface area contributed by atoms with Crippen molar-refractivity contribution in [1.29, 1.82) is 0 Å². The van der Waals surface area contributed by atoms with Crippen LogP contribution in [-0.4, -0.2) is 18.6 Å². The van der Waals surface area contributed by atoms with E-state index in [0.29, 0.717) is 18.0 Å². The van der Waals surface area contributed by atoms with E-state index in [1.807, 2.05) is 12.1 Å². The number of nitro benzene ring substituents is 1. The molecule has 1 N–H and O–H groups in total. The molecule has 118 valence electrons. The largest absolute Gasteiger partial charge is 0.493 e. The molecule has 0 saturated heterocycles. The summed E-state index contributed by atoms with van der Waals surface area (Å²) >= 11 is 0. The van der Waals surface area contributed by atoms with Gasteiger partial charge in [0.25, 0.3) is 5.69 Å². The summed E-state index contributed by atoms with van der Waals surface area (Å²) in [4.78, 5) is 10.2. The fourth-order valence-corrected chi connectivity index (χ4v) is 1.97. The first-order chi connectivity index (χ1) is 11.1. The van der Waals surface area contributed by atoms with Crippen LogP contribution >= 0.6 is 0 Å². The van der Waals surface area contributed by atoms with Crippen molar-refractivity contribution in [2.45, 2.75) is 6.54 Å². The number of anilines is 1. The SMILES string of the molecule is C#CCOc1ccc(CNc2ccc([N+](=O)[O-])cc2)cc1OC. The van der Waals surface area contributed by atoms with Crippen molar-refractivity contribution in [1.82, 2.24) is 0 Å². The fraction of sp³-hybridized carbons (Fsp3) is 0.176. The second kappa shape index (κ2) is 7.71. The van der Waals surface area contributed by atoms with Crippen LogP contribution in [-0.2, 0) is 6.54 Å². The molecule has 0 spiro atoms. The highest BCUT2D eigenvalue weighted by Gasteiger charge is 2.06. The Balaban J connectivity index is 2.02. The zero-order valence-electron chi connectivity index (χ0n) is 12.6. The van der Waals surface area contributed by atoms with Gasteiger partial charge in [0.15, 0.2) is 11.5 Å². The second-order valence-corrected chi connectivity index (χ2v) is 4.64. The average molecular weight is 312 g/mol. The molecule has 0 radical (unpaired) electrons. The van der Waals surface area contributed by atoms with E-state index in [9.17, 15) is 10.1 Å². The van der Waals surface area contributed by atoms with Crippen molar-refractivity contribution < 1.29 is 14.4 Å². The summed E-state index contributed by atoms with van der Waals surface area (Å²) < 4.78 is 10.7. The lowest BCUT2D eigenvalue weighted by atomic mass is 10.2. The highest BCUT2D eigenvalue weighted by Crippen LogP contribution is 2.28. The van der Waals surface area contributed by atoms with E-state index in [0.717, 1.165) is 11.3 Å². The van der Waals surface area contributed by atoms with Gasteiger partial charge in [-0.25, -0.2) is 0 Å². The molecule has 0 unspecified atom stereocenters. The molecule has 0 aromatic heterocycles. The van der Waals surface area contributed by atoms with E-state index in [-0.39, 0.29) is 12.3 Å². The predicted molar refractivity (Wildman–Crippen MR) is 87.7 cm³/mol. The Morgan fingerprint density at radius 2 is 1.96 bits per heavy atom. The highest BCUT2D eigenvalue weighted by molar-refractivity contribution is 5.50. The van der Waals surface area contributed by atoms with Gasteiger partial charge in [0.05, 0.1) is 12.0 Å². The van der Waals surface area contributed by atoms with Gasteiger partial charge < -0.3 is 14.8 Å². The summed E-state index contributed by atoms with van der Waals surface area (Å²) in [6.07, 6.45) is 5.17. The lowest BCUT2D eigenvalue weighted by molar-refractivity contribution is -0.384. The van der Waals surface area contributed by atoms with Gasteiger partial charge in [-0.1, -0.05) is 12.0 Å². The van der Waals surface area contributed by atoms with Crippen LogP contribution in [0.4, 0.5) is 11.4 Å². The predicted octanol–water partition coefficient (Wildman–Crippen LogP) is 3.23. The number of hydrogen-bond donors (Lipinski definition) is 1. The molecule has 0 fully saturated rings. The number of methoxy groups -OCH3 is 1. The average Bonchev–Trinajstić information content (AvgIpc) is 2.58. The van der Waals surface area contributed by atoms with Gasteiger partial charge in [-0.2, -0.15) is 0 Å². The maximum Gasteiger partial charge on any atom is 0.269 e. The Morgan fingerprint density at radius 1 is 1.22 bits per heavy atom. The van der Waals surface area contributed by atoms with Gasteiger partial charge in [-0.3, -0.25) is 10.1 Å². The molecule has 6 heteroatoms. The molecular formula is C17H16N2O4.